The number of ether oxygens (including phenoxy) is 1. The summed E-state index contributed by atoms with van der Waals surface area (Å²) < 4.78 is 23.6. The smallest absolute Gasteiger partial charge is 0.233 e. The Labute approximate surface area is 130 Å². The SMILES string of the molecule is Fc1cc(Cl)ccc1COc1nscc1C1=CC=NCC1. The first-order valence-corrected chi connectivity index (χ1v) is 7.66. The summed E-state index contributed by atoms with van der Waals surface area (Å²) in [5.41, 5.74) is 2.56. The molecule has 0 fully saturated rings. The highest BCUT2D eigenvalue weighted by molar-refractivity contribution is 7.04. The van der Waals surface area contributed by atoms with Gasteiger partial charge >= 0.3 is 0 Å². The molecular weight excluding hydrogens is 311 g/mol. The fourth-order valence-corrected chi connectivity index (χ4v) is 2.85. The van der Waals surface area contributed by atoms with Gasteiger partial charge in [0.15, 0.2) is 0 Å². The number of allylic oxidation sites excluding steroid dienone is 1. The maximum Gasteiger partial charge on any atom is 0.233 e. The Kier molecular flexibility index (Phi) is 4.31. The average Bonchev–Trinajstić information content (AvgIpc) is 2.96. The molecule has 21 heavy (non-hydrogen) atoms. The van der Waals surface area contributed by atoms with Crippen LogP contribution in [0.1, 0.15) is 17.5 Å². The fraction of sp³-hybridized carbons (Fsp3) is 0.200. The van der Waals surface area contributed by atoms with E-state index in [1.54, 1.807) is 18.3 Å². The van der Waals surface area contributed by atoms with Gasteiger partial charge in [-0.1, -0.05) is 17.7 Å². The molecule has 0 unspecified atom stereocenters. The Hall–Kier alpha value is -1.72. The number of aromatic nitrogens is 1. The Balaban J connectivity index is 1.75. The van der Waals surface area contributed by atoms with Crippen molar-refractivity contribution in [2.24, 2.45) is 4.99 Å². The van der Waals surface area contributed by atoms with Gasteiger partial charge in [-0.2, -0.15) is 4.37 Å². The second kappa shape index (κ2) is 6.37. The Morgan fingerprint density at radius 1 is 1.38 bits per heavy atom. The van der Waals surface area contributed by atoms with E-state index in [9.17, 15) is 4.39 Å². The van der Waals surface area contributed by atoms with Crippen molar-refractivity contribution in [2.75, 3.05) is 6.54 Å². The number of rotatable bonds is 4. The Morgan fingerprint density at radius 2 is 2.29 bits per heavy atom. The highest BCUT2D eigenvalue weighted by atomic mass is 35.5. The predicted octanol–water partition coefficient (Wildman–Crippen LogP) is 4.37. The Morgan fingerprint density at radius 3 is 3.05 bits per heavy atom. The number of nitrogens with zero attached hydrogens (tertiary/aromatic N) is 2. The number of hydrogen-bond acceptors (Lipinski definition) is 4. The monoisotopic (exact) mass is 322 g/mol. The number of halogens is 2. The minimum atomic E-state index is -0.372. The molecule has 2 aromatic rings. The molecule has 1 aliphatic heterocycles. The highest BCUT2D eigenvalue weighted by Crippen LogP contribution is 2.30. The van der Waals surface area contributed by atoms with E-state index in [4.69, 9.17) is 16.3 Å². The van der Waals surface area contributed by atoms with Crippen molar-refractivity contribution in [3.8, 4) is 5.88 Å². The van der Waals surface area contributed by atoms with Crippen LogP contribution in [0.2, 0.25) is 5.02 Å². The lowest BCUT2D eigenvalue weighted by Gasteiger charge is -2.10. The van der Waals surface area contributed by atoms with E-state index in [1.807, 2.05) is 11.5 Å². The molecule has 6 heteroatoms. The minimum Gasteiger partial charge on any atom is -0.472 e. The maximum atomic E-state index is 13.7. The zero-order valence-corrected chi connectivity index (χ0v) is 12.6. The van der Waals surface area contributed by atoms with Crippen molar-refractivity contribution in [2.45, 2.75) is 13.0 Å². The molecule has 0 saturated heterocycles. The van der Waals surface area contributed by atoms with Gasteiger partial charge in [0.1, 0.15) is 12.4 Å². The molecular formula is C15H12ClFN2OS. The van der Waals surface area contributed by atoms with Crippen molar-refractivity contribution >= 4 is 34.9 Å². The van der Waals surface area contributed by atoms with E-state index < -0.39 is 0 Å². The molecule has 1 aliphatic rings. The molecule has 0 aliphatic carbocycles. The quantitative estimate of drug-likeness (QED) is 0.837. The normalized spacial score (nSPS) is 14.1. The fourth-order valence-electron chi connectivity index (χ4n) is 2.04. The van der Waals surface area contributed by atoms with Crippen LogP contribution in [0, 0.1) is 5.82 Å². The van der Waals surface area contributed by atoms with Gasteiger partial charge in [-0.15, -0.1) is 0 Å². The molecule has 0 saturated carbocycles. The number of hydrogen-bond donors (Lipinski definition) is 0. The van der Waals surface area contributed by atoms with E-state index in [-0.39, 0.29) is 12.4 Å². The molecule has 3 nitrogen and oxygen atoms in total. The topological polar surface area (TPSA) is 34.5 Å². The molecule has 2 heterocycles. The molecule has 0 radical (unpaired) electrons. The summed E-state index contributed by atoms with van der Waals surface area (Å²) in [5, 5.41) is 2.32. The summed E-state index contributed by atoms with van der Waals surface area (Å²) in [7, 11) is 0. The zero-order valence-electron chi connectivity index (χ0n) is 11.1. The zero-order chi connectivity index (χ0) is 14.7. The van der Waals surface area contributed by atoms with E-state index in [0.29, 0.717) is 16.5 Å². The van der Waals surface area contributed by atoms with Gasteiger partial charge in [0.25, 0.3) is 0 Å². The highest BCUT2D eigenvalue weighted by Gasteiger charge is 2.14. The molecule has 3 rings (SSSR count). The van der Waals surface area contributed by atoms with Crippen molar-refractivity contribution < 1.29 is 9.13 Å². The molecule has 1 aromatic heterocycles. The molecule has 0 atom stereocenters. The van der Waals surface area contributed by atoms with Gasteiger partial charge in [-0.05, 0) is 41.7 Å². The van der Waals surface area contributed by atoms with E-state index in [0.717, 1.165) is 24.1 Å². The van der Waals surface area contributed by atoms with Crippen molar-refractivity contribution in [3.63, 3.8) is 0 Å². The lowest BCUT2D eigenvalue weighted by Crippen LogP contribution is -2.01. The van der Waals surface area contributed by atoms with E-state index >= 15 is 0 Å². The molecule has 0 amide bonds. The van der Waals surface area contributed by atoms with Crippen LogP contribution in [0.15, 0.2) is 34.6 Å². The average molecular weight is 323 g/mol. The molecule has 108 valence electrons. The molecule has 0 bridgehead atoms. The molecule has 0 N–H and O–H groups in total. The summed E-state index contributed by atoms with van der Waals surface area (Å²) in [4.78, 5) is 4.16. The number of dihydropyridines is 1. The van der Waals surface area contributed by atoms with Gasteiger partial charge < -0.3 is 4.74 Å². The van der Waals surface area contributed by atoms with Crippen LogP contribution in [0.4, 0.5) is 4.39 Å². The van der Waals surface area contributed by atoms with Crippen LogP contribution in [0.5, 0.6) is 5.88 Å². The lowest BCUT2D eigenvalue weighted by molar-refractivity contribution is 0.290. The summed E-state index contributed by atoms with van der Waals surface area (Å²) in [6.07, 6.45) is 4.61. The van der Waals surface area contributed by atoms with E-state index in [2.05, 4.69) is 9.37 Å². The van der Waals surface area contributed by atoms with Gasteiger partial charge in [0.2, 0.25) is 5.88 Å². The standard InChI is InChI=1S/C15H12ClFN2OS/c16-12-2-1-11(14(17)7-12)8-20-15-13(9-21-19-15)10-3-5-18-6-4-10/h1-3,5,7,9H,4,6,8H2. The summed E-state index contributed by atoms with van der Waals surface area (Å²) in [6.45, 7) is 0.897. The number of aliphatic imine (C=N–C) groups is 1. The second-order valence-electron chi connectivity index (χ2n) is 4.55. The Bertz CT molecular complexity index is 711. The first-order chi connectivity index (χ1) is 10.2. The second-order valence-corrected chi connectivity index (χ2v) is 5.62. The van der Waals surface area contributed by atoms with Crippen LogP contribution in [0.3, 0.4) is 0 Å². The van der Waals surface area contributed by atoms with Gasteiger partial charge in [-0.25, -0.2) is 4.39 Å². The first kappa shape index (κ1) is 14.2. The predicted molar refractivity (Wildman–Crippen MR) is 83.8 cm³/mol. The minimum absolute atomic E-state index is 0.126. The maximum absolute atomic E-state index is 13.7. The van der Waals surface area contributed by atoms with Crippen LogP contribution >= 0.6 is 23.1 Å². The van der Waals surface area contributed by atoms with Crippen molar-refractivity contribution in [3.05, 3.63) is 51.6 Å². The van der Waals surface area contributed by atoms with Gasteiger partial charge in [0, 0.05) is 28.7 Å². The third-order valence-electron chi connectivity index (χ3n) is 3.15. The van der Waals surface area contributed by atoms with Crippen LogP contribution in [0.25, 0.3) is 5.57 Å². The summed E-state index contributed by atoms with van der Waals surface area (Å²) >= 11 is 7.06. The molecule has 1 aromatic carbocycles. The first-order valence-electron chi connectivity index (χ1n) is 6.44. The van der Waals surface area contributed by atoms with Crippen LogP contribution in [-0.4, -0.2) is 17.1 Å². The summed E-state index contributed by atoms with van der Waals surface area (Å²) in [6, 6.07) is 4.55. The van der Waals surface area contributed by atoms with Gasteiger partial charge in [0.05, 0.1) is 5.56 Å². The van der Waals surface area contributed by atoms with Crippen molar-refractivity contribution in [1.82, 2.24) is 4.37 Å². The van der Waals surface area contributed by atoms with Crippen molar-refractivity contribution in [1.29, 1.82) is 0 Å². The third-order valence-corrected chi connectivity index (χ3v) is 4.00. The lowest BCUT2D eigenvalue weighted by atomic mass is 10.1. The largest absolute Gasteiger partial charge is 0.472 e. The van der Waals surface area contributed by atoms with E-state index in [1.165, 1.54) is 17.6 Å². The molecule has 0 spiro atoms. The summed E-state index contributed by atoms with van der Waals surface area (Å²) in [5.74, 6) is 0.166. The van der Waals surface area contributed by atoms with Crippen LogP contribution in [-0.2, 0) is 6.61 Å². The number of benzene rings is 1. The van der Waals surface area contributed by atoms with Crippen LogP contribution < -0.4 is 4.74 Å². The van der Waals surface area contributed by atoms with Gasteiger partial charge in [-0.3, -0.25) is 4.99 Å². The third kappa shape index (κ3) is 3.31.